The zero-order chi connectivity index (χ0) is 39.1. The SMILES string of the molecule is CC(C)c1nc(CN(C)C(=O)N[C@@H](CC(=O)OC(C)(C)C)C(=O)C[C@H](CC[C@H](Cc2ccccc2)NC(=O)OCc2cncs2)Cc2ccccc2)cs1. The lowest BCUT2D eigenvalue weighted by Crippen LogP contribution is -2.48. The van der Waals surface area contributed by atoms with Gasteiger partial charge in [0.15, 0.2) is 5.78 Å². The van der Waals surface area contributed by atoms with Crippen LogP contribution in [0, 0.1) is 5.92 Å². The molecule has 13 heteroatoms. The lowest BCUT2D eigenvalue weighted by atomic mass is 9.86. The average Bonchev–Trinajstić information content (AvgIpc) is 3.82. The van der Waals surface area contributed by atoms with Gasteiger partial charge < -0.3 is 25.0 Å². The molecule has 3 amide bonds. The molecule has 0 spiro atoms. The van der Waals surface area contributed by atoms with Gasteiger partial charge in [-0.25, -0.2) is 14.6 Å². The molecule has 11 nitrogen and oxygen atoms in total. The number of carbonyl (C=O) groups excluding carboxylic acids is 4. The number of aromatic nitrogens is 2. The van der Waals surface area contributed by atoms with Crippen LogP contribution >= 0.6 is 22.7 Å². The number of urea groups is 1. The summed E-state index contributed by atoms with van der Waals surface area (Å²) < 4.78 is 11.1. The van der Waals surface area contributed by atoms with Crippen LogP contribution in [0.3, 0.4) is 0 Å². The third-order valence-corrected chi connectivity index (χ3v) is 10.5. The van der Waals surface area contributed by atoms with E-state index in [2.05, 4.69) is 34.4 Å². The number of hydrogen-bond acceptors (Lipinski definition) is 10. The summed E-state index contributed by atoms with van der Waals surface area (Å²) in [4.78, 5) is 64.7. The summed E-state index contributed by atoms with van der Waals surface area (Å²) >= 11 is 2.96. The van der Waals surface area contributed by atoms with Crippen molar-refractivity contribution in [2.75, 3.05) is 7.05 Å². The number of esters is 1. The number of amides is 3. The van der Waals surface area contributed by atoms with Crippen LogP contribution in [0.2, 0.25) is 0 Å². The predicted molar refractivity (Wildman–Crippen MR) is 212 cm³/mol. The minimum absolute atomic E-state index is 0.101. The zero-order valence-corrected chi connectivity index (χ0v) is 33.7. The van der Waals surface area contributed by atoms with Crippen molar-refractivity contribution in [1.82, 2.24) is 25.5 Å². The molecule has 4 aromatic rings. The first-order chi connectivity index (χ1) is 25.7. The molecule has 2 N–H and O–H groups in total. The molecule has 54 heavy (non-hydrogen) atoms. The molecular weight excluding hydrogens is 723 g/mol. The van der Waals surface area contributed by atoms with E-state index in [0.29, 0.717) is 25.7 Å². The fourth-order valence-corrected chi connectivity index (χ4v) is 7.23. The molecule has 0 unspecified atom stereocenters. The third kappa shape index (κ3) is 15.0. The summed E-state index contributed by atoms with van der Waals surface area (Å²) in [6.07, 6.45) is 3.26. The highest BCUT2D eigenvalue weighted by molar-refractivity contribution is 7.09. The summed E-state index contributed by atoms with van der Waals surface area (Å²) in [7, 11) is 1.64. The van der Waals surface area contributed by atoms with Crippen molar-refractivity contribution in [3.63, 3.8) is 0 Å². The Morgan fingerprint density at radius 2 is 1.54 bits per heavy atom. The molecule has 2 aromatic heterocycles. The van der Waals surface area contributed by atoms with E-state index in [-0.39, 0.29) is 49.7 Å². The standard InChI is InChI=1S/C41H53N5O6S2/c1-28(2)38-43-33(26-53-38)24-46(6)39(49)45-35(22-37(48)52-41(3,4)5)36(47)21-31(19-29-13-9-7-10-14-29)17-18-32(20-30-15-11-8-12-16-30)44-40(50)51-25-34-23-42-27-54-34/h7-16,23,26-28,31-32,35H,17-22,24-25H2,1-6H3,(H,44,50)(H,45,49)/t31-,32-,35+/m1/s1. The van der Waals surface area contributed by atoms with Gasteiger partial charge in [-0.3, -0.25) is 14.6 Å². The van der Waals surface area contributed by atoms with Crippen LogP contribution in [-0.2, 0) is 45.1 Å². The van der Waals surface area contributed by atoms with Crippen LogP contribution in [0.4, 0.5) is 9.59 Å². The number of nitrogens with zero attached hydrogens (tertiary/aromatic N) is 3. The molecule has 0 saturated heterocycles. The molecule has 2 aromatic carbocycles. The van der Waals surface area contributed by atoms with E-state index < -0.39 is 29.7 Å². The molecule has 0 aliphatic heterocycles. The molecule has 2 heterocycles. The van der Waals surface area contributed by atoms with Crippen LogP contribution in [0.5, 0.6) is 0 Å². The number of Topliss-reactive ketones (excluding diaryl/α,β-unsaturated/α-hetero) is 1. The summed E-state index contributed by atoms with van der Waals surface area (Å²) in [5.74, 6) is -0.729. The number of ether oxygens (including phenoxy) is 2. The predicted octanol–water partition coefficient (Wildman–Crippen LogP) is 8.10. The van der Waals surface area contributed by atoms with Gasteiger partial charge >= 0.3 is 18.1 Å². The van der Waals surface area contributed by atoms with Gasteiger partial charge in [-0.05, 0) is 63.5 Å². The maximum Gasteiger partial charge on any atom is 0.407 e. The fourth-order valence-electron chi connectivity index (χ4n) is 5.90. The molecule has 0 bridgehead atoms. The smallest absolute Gasteiger partial charge is 0.407 e. The Balaban J connectivity index is 1.50. The largest absolute Gasteiger partial charge is 0.460 e. The lowest BCUT2D eigenvalue weighted by Gasteiger charge is -2.26. The number of ketones is 1. The van der Waals surface area contributed by atoms with Crippen molar-refractivity contribution in [3.05, 3.63) is 104 Å². The summed E-state index contributed by atoms with van der Waals surface area (Å²) in [5.41, 5.74) is 3.80. The molecule has 0 radical (unpaired) electrons. The Hall–Kier alpha value is -4.62. The average molecular weight is 776 g/mol. The van der Waals surface area contributed by atoms with Crippen molar-refractivity contribution in [2.45, 2.75) is 110 Å². The van der Waals surface area contributed by atoms with Crippen LogP contribution in [0.25, 0.3) is 0 Å². The zero-order valence-electron chi connectivity index (χ0n) is 32.1. The summed E-state index contributed by atoms with van der Waals surface area (Å²) in [5, 5.41) is 8.79. The molecule has 4 rings (SSSR count). The number of hydrogen-bond donors (Lipinski definition) is 2. The highest BCUT2D eigenvalue weighted by Crippen LogP contribution is 2.24. The molecule has 290 valence electrons. The maximum atomic E-state index is 14.2. The van der Waals surface area contributed by atoms with Gasteiger partial charge in [0, 0.05) is 37.0 Å². The van der Waals surface area contributed by atoms with Crippen molar-refractivity contribution >= 4 is 46.6 Å². The Labute approximate surface area is 326 Å². The number of thiazole rings is 2. The van der Waals surface area contributed by atoms with Gasteiger partial charge in [0.1, 0.15) is 12.2 Å². The number of carbonyl (C=O) groups is 4. The van der Waals surface area contributed by atoms with E-state index >= 15 is 0 Å². The van der Waals surface area contributed by atoms with Gasteiger partial charge in [0.05, 0.1) is 40.1 Å². The monoisotopic (exact) mass is 775 g/mol. The topological polar surface area (TPSA) is 140 Å². The van der Waals surface area contributed by atoms with E-state index in [0.717, 1.165) is 26.7 Å². The highest BCUT2D eigenvalue weighted by Gasteiger charge is 2.30. The number of rotatable bonds is 19. The van der Waals surface area contributed by atoms with Crippen LogP contribution in [0.1, 0.15) is 92.9 Å². The summed E-state index contributed by atoms with van der Waals surface area (Å²) in [6.45, 7) is 9.80. The van der Waals surface area contributed by atoms with E-state index in [1.54, 1.807) is 50.9 Å². The number of benzene rings is 2. The molecule has 0 aliphatic rings. The van der Waals surface area contributed by atoms with Crippen LogP contribution < -0.4 is 10.6 Å². The Morgan fingerprint density at radius 3 is 2.13 bits per heavy atom. The van der Waals surface area contributed by atoms with Gasteiger partial charge in [-0.15, -0.1) is 22.7 Å². The first-order valence-electron chi connectivity index (χ1n) is 18.3. The van der Waals surface area contributed by atoms with E-state index in [9.17, 15) is 19.2 Å². The molecule has 3 atom stereocenters. The second kappa shape index (κ2) is 20.7. The minimum Gasteiger partial charge on any atom is -0.460 e. The van der Waals surface area contributed by atoms with Gasteiger partial charge in [-0.2, -0.15) is 0 Å². The van der Waals surface area contributed by atoms with Crippen molar-refractivity contribution in [1.29, 1.82) is 0 Å². The summed E-state index contributed by atoms with van der Waals surface area (Å²) in [6, 6.07) is 17.9. The molecule has 0 aliphatic carbocycles. The van der Waals surface area contributed by atoms with Gasteiger partial charge in [0.25, 0.3) is 0 Å². The van der Waals surface area contributed by atoms with Crippen LogP contribution in [0.15, 0.2) is 77.8 Å². The Kier molecular flexibility index (Phi) is 16.2. The number of nitrogens with one attached hydrogen (secondary N) is 2. The maximum absolute atomic E-state index is 14.2. The lowest BCUT2D eigenvalue weighted by molar-refractivity contribution is -0.156. The first-order valence-corrected chi connectivity index (χ1v) is 20.1. The van der Waals surface area contributed by atoms with Crippen molar-refractivity contribution in [3.8, 4) is 0 Å². The van der Waals surface area contributed by atoms with Gasteiger partial charge in [0.2, 0.25) is 0 Å². The van der Waals surface area contributed by atoms with E-state index in [1.807, 2.05) is 66.0 Å². The van der Waals surface area contributed by atoms with Crippen LogP contribution in [-0.4, -0.2) is 63.5 Å². The molecular formula is C41H53N5O6S2. The Morgan fingerprint density at radius 1 is 0.870 bits per heavy atom. The second-order valence-corrected chi connectivity index (χ2v) is 16.7. The third-order valence-electron chi connectivity index (χ3n) is 8.54. The molecule has 0 saturated carbocycles. The second-order valence-electron chi connectivity index (χ2n) is 14.9. The molecule has 0 fully saturated rings. The minimum atomic E-state index is -1.10. The highest BCUT2D eigenvalue weighted by atomic mass is 32.1. The quantitative estimate of drug-likeness (QED) is 0.0912. The van der Waals surface area contributed by atoms with Crippen molar-refractivity contribution in [2.24, 2.45) is 5.92 Å². The van der Waals surface area contributed by atoms with E-state index in [1.165, 1.54) is 16.2 Å². The van der Waals surface area contributed by atoms with Crippen molar-refractivity contribution < 1.29 is 28.7 Å². The fraction of sp³-hybridized carbons (Fsp3) is 0.463. The first kappa shape index (κ1) is 42.1. The normalized spacial score (nSPS) is 13.1. The Bertz CT molecular complexity index is 1760. The number of alkyl carbamates (subject to hydrolysis) is 1. The van der Waals surface area contributed by atoms with E-state index in [4.69, 9.17) is 9.47 Å². The van der Waals surface area contributed by atoms with Gasteiger partial charge in [-0.1, -0.05) is 74.5 Å².